The molecule has 3 N–H and O–H groups in total. The molecule has 2 aliphatic rings. The van der Waals surface area contributed by atoms with Crippen molar-refractivity contribution in [2.45, 2.75) is 19.3 Å². The van der Waals surface area contributed by atoms with Gasteiger partial charge >= 0.3 is 5.97 Å². The number of carboxylic acid groups (broad SMARTS) is 1. The van der Waals surface area contributed by atoms with Gasteiger partial charge in [0.15, 0.2) is 0 Å². The second-order valence-electron chi connectivity index (χ2n) is 5.37. The molecule has 1 aliphatic carbocycles. The molecule has 0 bridgehead atoms. The summed E-state index contributed by atoms with van der Waals surface area (Å²) in [6.45, 7) is 0.143. The van der Waals surface area contributed by atoms with Crippen LogP contribution in [0.2, 0.25) is 0 Å². The van der Waals surface area contributed by atoms with Gasteiger partial charge in [0.2, 0.25) is 5.91 Å². The summed E-state index contributed by atoms with van der Waals surface area (Å²) in [5.41, 5.74) is 1.17. The fourth-order valence-corrected chi connectivity index (χ4v) is 2.32. The van der Waals surface area contributed by atoms with E-state index in [1.54, 1.807) is 18.2 Å². The Hall–Kier alpha value is -2.37. The summed E-state index contributed by atoms with van der Waals surface area (Å²) in [5.74, 6) is -1.26. The van der Waals surface area contributed by atoms with Crippen molar-refractivity contribution in [3.05, 3.63) is 29.3 Å². The second-order valence-corrected chi connectivity index (χ2v) is 5.37. The van der Waals surface area contributed by atoms with Gasteiger partial charge in [-0.05, 0) is 30.5 Å². The number of carbonyl (C=O) groups excluding carboxylic acids is 2. The highest BCUT2D eigenvalue weighted by molar-refractivity contribution is 6.02. The van der Waals surface area contributed by atoms with Crippen LogP contribution in [0.25, 0.3) is 0 Å². The Morgan fingerprint density at radius 2 is 2.10 bits per heavy atom. The van der Waals surface area contributed by atoms with E-state index in [2.05, 4.69) is 10.6 Å². The number of rotatable bonds is 4. The summed E-state index contributed by atoms with van der Waals surface area (Å²) in [6.07, 6.45) is 1.53. The number of hydrogen-bond acceptors (Lipinski definition) is 3. The van der Waals surface area contributed by atoms with Crippen molar-refractivity contribution in [3.8, 4) is 0 Å². The summed E-state index contributed by atoms with van der Waals surface area (Å²) >= 11 is 0. The molecule has 1 saturated carbocycles. The highest BCUT2D eigenvalue weighted by Gasteiger charge is 2.50. The van der Waals surface area contributed by atoms with Crippen molar-refractivity contribution in [2.24, 2.45) is 5.41 Å². The second kappa shape index (κ2) is 4.33. The van der Waals surface area contributed by atoms with Gasteiger partial charge in [-0.1, -0.05) is 6.07 Å². The van der Waals surface area contributed by atoms with E-state index < -0.39 is 11.4 Å². The van der Waals surface area contributed by atoms with E-state index in [9.17, 15) is 14.4 Å². The third-order valence-corrected chi connectivity index (χ3v) is 3.89. The highest BCUT2D eigenvalue weighted by Crippen LogP contribution is 2.45. The summed E-state index contributed by atoms with van der Waals surface area (Å²) < 4.78 is 0. The van der Waals surface area contributed by atoms with Crippen LogP contribution >= 0.6 is 0 Å². The van der Waals surface area contributed by atoms with E-state index in [-0.39, 0.29) is 18.4 Å². The summed E-state index contributed by atoms with van der Waals surface area (Å²) in [6, 6.07) is 5.01. The van der Waals surface area contributed by atoms with Gasteiger partial charge in [0.05, 0.1) is 11.8 Å². The van der Waals surface area contributed by atoms with Gasteiger partial charge in [-0.15, -0.1) is 0 Å². The van der Waals surface area contributed by atoms with Gasteiger partial charge in [-0.2, -0.15) is 0 Å². The lowest BCUT2D eigenvalue weighted by atomic mass is 10.1. The molecule has 2 amide bonds. The Morgan fingerprint density at radius 3 is 2.75 bits per heavy atom. The van der Waals surface area contributed by atoms with E-state index in [4.69, 9.17) is 5.11 Å². The van der Waals surface area contributed by atoms with Crippen LogP contribution in [0.15, 0.2) is 18.2 Å². The maximum Gasteiger partial charge on any atom is 0.311 e. The minimum absolute atomic E-state index is 0.0830. The normalized spacial score (nSPS) is 18.1. The Bertz CT molecular complexity index is 620. The molecular formula is C14H14N2O4. The standard InChI is InChI=1S/C14H14N2O4/c17-11-6-8-1-2-9(5-10(8)16-11)12(18)15-7-14(3-4-14)13(19)20/h1-2,5H,3-4,6-7H2,(H,15,18)(H,16,17)(H,19,20). The molecule has 104 valence electrons. The number of carbonyl (C=O) groups is 3. The molecule has 0 saturated heterocycles. The summed E-state index contributed by atoms with van der Waals surface area (Å²) in [4.78, 5) is 34.3. The SMILES string of the molecule is O=C1Cc2ccc(C(=O)NCC3(C(=O)O)CC3)cc2N1. The molecule has 0 radical (unpaired) electrons. The third kappa shape index (κ3) is 2.13. The van der Waals surface area contributed by atoms with Crippen LogP contribution in [0, 0.1) is 5.41 Å². The molecule has 1 aliphatic heterocycles. The maximum absolute atomic E-state index is 12.0. The van der Waals surface area contributed by atoms with Crippen molar-refractivity contribution in [1.29, 1.82) is 0 Å². The van der Waals surface area contributed by atoms with E-state index in [0.29, 0.717) is 30.5 Å². The lowest BCUT2D eigenvalue weighted by molar-refractivity contribution is -0.143. The van der Waals surface area contributed by atoms with Crippen LogP contribution < -0.4 is 10.6 Å². The molecule has 3 rings (SSSR count). The molecule has 6 nitrogen and oxygen atoms in total. The number of amides is 2. The average Bonchev–Trinajstić information content (AvgIpc) is 3.11. The Labute approximate surface area is 115 Å². The Morgan fingerprint density at radius 1 is 1.35 bits per heavy atom. The minimum atomic E-state index is -0.862. The van der Waals surface area contributed by atoms with Crippen LogP contribution in [0.5, 0.6) is 0 Å². The number of hydrogen-bond donors (Lipinski definition) is 3. The molecule has 6 heteroatoms. The topological polar surface area (TPSA) is 95.5 Å². The molecule has 1 heterocycles. The van der Waals surface area contributed by atoms with E-state index in [0.717, 1.165) is 5.56 Å². The number of nitrogens with one attached hydrogen (secondary N) is 2. The Balaban J connectivity index is 1.68. The van der Waals surface area contributed by atoms with Gasteiger partial charge in [-0.3, -0.25) is 14.4 Å². The molecule has 0 atom stereocenters. The fraction of sp³-hybridized carbons (Fsp3) is 0.357. The summed E-state index contributed by atoms with van der Waals surface area (Å²) in [7, 11) is 0. The first-order valence-corrected chi connectivity index (χ1v) is 6.45. The van der Waals surface area contributed by atoms with Gasteiger partial charge < -0.3 is 15.7 Å². The predicted octanol–water partition coefficient (Wildman–Crippen LogP) is 0.776. The average molecular weight is 274 g/mol. The molecule has 1 aromatic rings. The van der Waals surface area contributed by atoms with E-state index in [1.165, 1.54) is 0 Å². The van der Waals surface area contributed by atoms with Crippen molar-refractivity contribution in [1.82, 2.24) is 5.32 Å². The smallest absolute Gasteiger partial charge is 0.311 e. The number of anilines is 1. The van der Waals surface area contributed by atoms with Crippen LogP contribution in [-0.2, 0) is 16.0 Å². The van der Waals surface area contributed by atoms with Gasteiger partial charge in [0.1, 0.15) is 0 Å². The zero-order valence-corrected chi connectivity index (χ0v) is 10.7. The monoisotopic (exact) mass is 274 g/mol. The molecule has 0 aromatic heterocycles. The Kier molecular flexibility index (Phi) is 2.74. The third-order valence-electron chi connectivity index (χ3n) is 3.89. The molecule has 1 aromatic carbocycles. The molecule has 1 fully saturated rings. The quantitative estimate of drug-likeness (QED) is 0.756. The van der Waals surface area contributed by atoms with Crippen LogP contribution in [-0.4, -0.2) is 29.4 Å². The van der Waals surface area contributed by atoms with E-state index >= 15 is 0 Å². The van der Waals surface area contributed by atoms with Crippen LogP contribution in [0.1, 0.15) is 28.8 Å². The zero-order chi connectivity index (χ0) is 14.3. The molecular weight excluding hydrogens is 260 g/mol. The number of aliphatic carboxylic acids is 1. The van der Waals surface area contributed by atoms with Crippen molar-refractivity contribution in [2.75, 3.05) is 11.9 Å². The minimum Gasteiger partial charge on any atom is -0.481 e. The summed E-state index contributed by atoms with van der Waals surface area (Å²) in [5, 5.41) is 14.4. The largest absolute Gasteiger partial charge is 0.481 e. The van der Waals surface area contributed by atoms with Gasteiger partial charge in [-0.25, -0.2) is 0 Å². The number of benzene rings is 1. The van der Waals surface area contributed by atoms with Crippen molar-refractivity contribution >= 4 is 23.5 Å². The maximum atomic E-state index is 12.0. The van der Waals surface area contributed by atoms with Crippen LogP contribution in [0.3, 0.4) is 0 Å². The molecule has 0 unspecified atom stereocenters. The van der Waals surface area contributed by atoms with Crippen molar-refractivity contribution in [3.63, 3.8) is 0 Å². The van der Waals surface area contributed by atoms with Crippen LogP contribution in [0.4, 0.5) is 5.69 Å². The predicted molar refractivity (Wildman–Crippen MR) is 70.4 cm³/mol. The lowest BCUT2D eigenvalue weighted by Gasteiger charge is -2.11. The van der Waals surface area contributed by atoms with Gasteiger partial charge in [0.25, 0.3) is 5.91 Å². The first-order chi connectivity index (χ1) is 9.50. The fourth-order valence-electron chi connectivity index (χ4n) is 2.32. The number of carboxylic acids is 1. The molecule has 20 heavy (non-hydrogen) atoms. The first kappa shape index (κ1) is 12.7. The van der Waals surface area contributed by atoms with Crippen molar-refractivity contribution < 1.29 is 19.5 Å². The number of fused-ring (bicyclic) bond motifs is 1. The lowest BCUT2D eigenvalue weighted by Crippen LogP contribution is -2.34. The molecule has 0 spiro atoms. The van der Waals surface area contributed by atoms with E-state index in [1.807, 2.05) is 0 Å². The highest BCUT2D eigenvalue weighted by atomic mass is 16.4. The first-order valence-electron chi connectivity index (χ1n) is 6.45. The van der Waals surface area contributed by atoms with Gasteiger partial charge in [0, 0.05) is 17.8 Å². The zero-order valence-electron chi connectivity index (χ0n) is 10.7.